The SMILES string of the molecule is CC(CN)CNC(=O)c1cc(Cl)ccc1[N+](=O)[O-].Cl. The van der Waals surface area contributed by atoms with Crippen LogP contribution < -0.4 is 11.1 Å². The molecule has 1 amide bonds. The molecule has 0 aromatic heterocycles. The van der Waals surface area contributed by atoms with Crippen LogP contribution in [0, 0.1) is 16.0 Å². The number of benzene rings is 1. The molecule has 19 heavy (non-hydrogen) atoms. The second-order valence-electron chi connectivity index (χ2n) is 3.97. The van der Waals surface area contributed by atoms with Crippen LogP contribution in [0.15, 0.2) is 18.2 Å². The molecule has 0 aliphatic carbocycles. The Hall–Kier alpha value is -1.37. The largest absolute Gasteiger partial charge is 0.351 e. The van der Waals surface area contributed by atoms with Crippen molar-refractivity contribution in [2.45, 2.75) is 6.92 Å². The Bertz CT molecular complexity index is 468. The highest BCUT2D eigenvalue weighted by atomic mass is 35.5. The van der Waals surface area contributed by atoms with Crippen LogP contribution in [0.1, 0.15) is 17.3 Å². The first-order chi connectivity index (χ1) is 8.45. The normalized spacial score (nSPS) is 11.3. The van der Waals surface area contributed by atoms with Gasteiger partial charge in [0.05, 0.1) is 4.92 Å². The molecule has 1 atom stereocenters. The van der Waals surface area contributed by atoms with E-state index in [1.54, 1.807) is 0 Å². The number of carbonyl (C=O) groups excluding carboxylic acids is 1. The fourth-order valence-electron chi connectivity index (χ4n) is 1.29. The van der Waals surface area contributed by atoms with Gasteiger partial charge in [-0.3, -0.25) is 14.9 Å². The highest BCUT2D eigenvalue weighted by Gasteiger charge is 2.20. The average molecular weight is 308 g/mol. The van der Waals surface area contributed by atoms with E-state index >= 15 is 0 Å². The van der Waals surface area contributed by atoms with Gasteiger partial charge in [-0.05, 0) is 24.6 Å². The molecule has 0 fully saturated rings. The lowest BCUT2D eigenvalue weighted by Crippen LogP contribution is -2.31. The number of amides is 1. The van der Waals surface area contributed by atoms with E-state index in [0.29, 0.717) is 13.1 Å². The monoisotopic (exact) mass is 307 g/mol. The average Bonchev–Trinajstić information content (AvgIpc) is 2.34. The summed E-state index contributed by atoms with van der Waals surface area (Å²) in [6, 6.07) is 3.87. The van der Waals surface area contributed by atoms with Crippen LogP contribution in [0.3, 0.4) is 0 Å². The van der Waals surface area contributed by atoms with Crippen molar-refractivity contribution >= 4 is 35.6 Å². The first-order valence-corrected chi connectivity index (χ1v) is 5.75. The molecule has 0 bridgehead atoms. The maximum absolute atomic E-state index is 11.8. The van der Waals surface area contributed by atoms with Crippen molar-refractivity contribution in [1.82, 2.24) is 5.32 Å². The molecule has 0 saturated heterocycles. The number of carbonyl (C=O) groups is 1. The van der Waals surface area contributed by atoms with Gasteiger partial charge in [-0.2, -0.15) is 0 Å². The van der Waals surface area contributed by atoms with E-state index in [1.165, 1.54) is 18.2 Å². The first-order valence-electron chi connectivity index (χ1n) is 5.38. The predicted molar refractivity (Wildman–Crippen MR) is 75.9 cm³/mol. The second-order valence-corrected chi connectivity index (χ2v) is 4.41. The van der Waals surface area contributed by atoms with Crippen molar-refractivity contribution in [2.75, 3.05) is 13.1 Å². The molecule has 3 N–H and O–H groups in total. The summed E-state index contributed by atoms with van der Waals surface area (Å²) >= 11 is 5.73. The maximum Gasteiger partial charge on any atom is 0.282 e. The summed E-state index contributed by atoms with van der Waals surface area (Å²) in [6.45, 7) is 2.66. The Morgan fingerprint density at radius 3 is 2.74 bits per heavy atom. The lowest BCUT2D eigenvalue weighted by Gasteiger charge is -2.10. The molecule has 0 spiro atoms. The quantitative estimate of drug-likeness (QED) is 0.642. The van der Waals surface area contributed by atoms with Crippen LogP contribution in [-0.4, -0.2) is 23.9 Å². The van der Waals surface area contributed by atoms with Crippen molar-refractivity contribution in [3.8, 4) is 0 Å². The van der Waals surface area contributed by atoms with Crippen LogP contribution in [0.5, 0.6) is 0 Å². The molecule has 0 saturated carbocycles. The fourth-order valence-corrected chi connectivity index (χ4v) is 1.47. The highest BCUT2D eigenvalue weighted by molar-refractivity contribution is 6.31. The Labute approximate surface area is 121 Å². The Balaban J connectivity index is 0.00000324. The standard InChI is InChI=1S/C11H14ClN3O3.ClH/c1-7(5-13)6-14-11(16)9-4-8(12)2-3-10(9)15(17)18;/h2-4,7H,5-6,13H2,1H3,(H,14,16);1H. The van der Waals surface area contributed by atoms with Crippen LogP contribution in [0.2, 0.25) is 5.02 Å². The number of hydrogen-bond donors (Lipinski definition) is 2. The van der Waals surface area contributed by atoms with Gasteiger partial charge in [0.15, 0.2) is 0 Å². The summed E-state index contributed by atoms with van der Waals surface area (Å²) in [5.41, 5.74) is 5.11. The number of nitro benzene ring substituents is 1. The Morgan fingerprint density at radius 2 is 2.21 bits per heavy atom. The summed E-state index contributed by atoms with van der Waals surface area (Å²) in [7, 11) is 0. The molecule has 0 radical (unpaired) electrons. The number of nitrogens with one attached hydrogen (secondary N) is 1. The van der Waals surface area contributed by atoms with Gasteiger partial charge in [-0.25, -0.2) is 0 Å². The van der Waals surface area contributed by atoms with Gasteiger partial charge < -0.3 is 11.1 Å². The topological polar surface area (TPSA) is 98.3 Å². The molecule has 1 unspecified atom stereocenters. The van der Waals surface area contributed by atoms with Gasteiger partial charge in [-0.15, -0.1) is 12.4 Å². The Morgan fingerprint density at radius 1 is 1.58 bits per heavy atom. The molecule has 106 valence electrons. The van der Waals surface area contributed by atoms with Gasteiger partial charge >= 0.3 is 0 Å². The van der Waals surface area contributed by atoms with E-state index in [0.717, 1.165) is 0 Å². The number of halogens is 2. The van der Waals surface area contributed by atoms with E-state index in [2.05, 4.69) is 5.32 Å². The van der Waals surface area contributed by atoms with Crippen molar-refractivity contribution in [3.05, 3.63) is 38.9 Å². The molecular weight excluding hydrogens is 293 g/mol. The van der Waals surface area contributed by atoms with Crippen LogP contribution in [0.25, 0.3) is 0 Å². The number of nitrogens with two attached hydrogens (primary N) is 1. The van der Waals surface area contributed by atoms with Crippen molar-refractivity contribution in [2.24, 2.45) is 11.7 Å². The minimum Gasteiger partial charge on any atom is -0.351 e. The van der Waals surface area contributed by atoms with Crippen LogP contribution in [-0.2, 0) is 0 Å². The van der Waals surface area contributed by atoms with E-state index in [4.69, 9.17) is 17.3 Å². The van der Waals surface area contributed by atoms with Crippen LogP contribution in [0.4, 0.5) is 5.69 Å². The molecule has 1 aromatic rings. The molecular formula is C11H15Cl2N3O3. The summed E-state index contributed by atoms with van der Waals surface area (Å²) in [4.78, 5) is 22.0. The molecule has 0 aliphatic rings. The zero-order chi connectivity index (χ0) is 13.7. The lowest BCUT2D eigenvalue weighted by molar-refractivity contribution is -0.385. The van der Waals surface area contributed by atoms with Crippen molar-refractivity contribution < 1.29 is 9.72 Å². The van der Waals surface area contributed by atoms with Gasteiger partial charge in [0.1, 0.15) is 5.56 Å². The second kappa shape index (κ2) is 7.93. The molecule has 8 heteroatoms. The number of rotatable bonds is 5. The van der Waals surface area contributed by atoms with Crippen molar-refractivity contribution in [3.63, 3.8) is 0 Å². The molecule has 1 aromatic carbocycles. The maximum atomic E-state index is 11.8. The molecule has 0 aliphatic heterocycles. The third-order valence-corrected chi connectivity index (χ3v) is 2.65. The smallest absolute Gasteiger partial charge is 0.282 e. The van der Waals surface area contributed by atoms with Crippen molar-refractivity contribution in [1.29, 1.82) is 0 Å². The van der Waals surface area contributed by atoms with Gasteiger partial charge in [0.2, 0.25) is 0 Å². The van der Waals surface area contributed by atoms with Crippen LogP contribution >= 0.6 is 24.0 Å². The summed E-state index contributed by atoms with van der Waals surface area (Å²) in [5, 5.41) is 13.7. The predicted octanol–water partition coefficient (Wildman–Crippen LogP) is 1.99. The fraction of sp³-hybridized carbons (Fsp3) is 0.364. The molecule has 0 heterocycles. The lowest BCUT2D eigenvalue weighted by atomic mass is 10.1. The minimum absolute atomic E-state index is 0. The first kappa shape index (κ1) is 17.6. The zero-order valence-electron chi connectivity index (χ0n) is 10.3. The number of nitro groups is 1. The van der Waals surface area contributed by atoms with Gasteiger partial charge in [-0.1, -0.05) is 18.5 Å². The van der Waals surface area contributed by atoms with E-state index in [-0.39, 0.29) is 34.6 Å². The van der Waals surface area contributed by atoms with E-state index in [9.17, 15) is 14.9 Å². The molecule has 1 rings (SSSR count). The number of nitrogens with zero attached hydrogens (tertiary/aromatic N) is 1. The third kappa shape index (κ3) is 5.02. The third-order valence-electron chi connectivity index (χ3n) is 2.41. The van der Waals surface area contributed by atoms with E-state index in [1.807, 2.05) is 6.92 Å². The Kier molecular flexibility index (Phi) is 7.36. The van der Waals surface area contributed by atoms with Gasteiger partial charge in [0.25, 0.3) is 11.6 Å². The summed E-state index contributed by atoms with van der Waals surface area (Å²) in [6.07, 6.45) is 0. The summed E-state index contributed by atoms with van der Waals surface area (Å²) in [5.74, 6) is -0.420. The van der Waals surface area contributed by atoms with E-state index < -0.39 is 10.8 Å². The molecule has 6 nitrogen and oxygen atoms in total. The number of hydrogen-bond acceptors (Lipinski definition) is 4. The highest BCUT2D eigenvalue weighted by Crippen LogP contribution is 2.22. The zero-order valence-corrected chi connectivity index (χ0v) is 11.8. The van der Waals surface area contributed by atoms with Gasteiger partial charge in [0, 0.05) is 17.6 Å². The summed E-state index contributed by atoms with van der Waals surface area (Å²) < 4.78 is 0. The minimum atomic E-state index is -0.613.